The van der Waals surface area contributed by atoms with Gasteiger partial charge in [-0.3, -0.25) is 0 Å². The molecule has 0 N–H and O–H groups in total. The van der Waals surface area contributed by atoms with Gasteiger partial charge in [0, 0.05) is 16.9 Å². The standard InChI is InChI=1S/C17H23NO/c1-16(2)10-7-11-17(3)13-9-6-5-8-12(13)14(15(16)17)18-19-4/h5-6,8-9,15H,7,10-11H2,1-4H3/t15-,17-/m0/s1. The molecule has 0 amide bonds. The van der Waals surface area contributed by atoms with Gasteiger partial charge in [-0.2, -0.15) is 0 Å². The second-order valence-electron chi connectivity index (χ2n) is 6.90. The maximum absolute atomic E-state index is 5.16. The molecule has 2 aliphatic carbocycles. The van der Waals surface area contributed by atoms with Gasteiger partial charge in [0.25, 0.3) is 0 Å². The predicted octanol–water partition coefficient (Wildman–Crippen LogP) is 4.13. The minimum Gasteiger partial charge on any atom is -0.399 e. The summed E-state index contributed by atoms with van der Waals surface area (Å²) >= 11 is 0. The maximum Gasteiger partial charge on any atom is 0.106 e. The molecule has 0 unspecified atom stereocenters. The summed E-state index contributed by atoms with van der Waals surface area (Å²) in [5.74, 6) is 0.464. The Morgan fingerprint density at radius 1 is 1.16 bits per heavy atom. The predicted molar refractivity (Wildman–Crippen MR) is 78.5 cm³/mol. The molecule has 2 atom stereocenters. The van der Waals surface area contributed by atoms with Crippen LogP contribution in [-0.2, 0) is 10.3 Å². The topological polar surface area (TPSA) is 21.6 Å². The van der Waals surface area contributed by atoms with E-state index in [4.69, 9.17) is 4.84 Å². The van der Waals surface area contributed by atoms with Gasteiger partial charge >= 0.3 is 0 Å². The minimum absolute atomic E-state index is 0.218. The highest BCUT2D eigenvalue weighted by Crippen LogP contribution is 2.58. The van der Waals surface area contributed by atoms with Crippen molar-refractivity contribution in [1.29, 1.82) is 0 Å². The second-order valence-corrected chi connectivity index (χ2v) is 6.90. The first-order chi connectivity index (χ1) is 9.00. The van der Waals surface area contributed by atoms with Crippen LogP contribution >= 0.6 is 0 Å². The number of nitrogens with zero attached hydrogens (tertiary/aromatic N) is 1. The highest BCUT2D eigenvalue weighted by Gasteiger charge is 2.55. The molecular weight excluding hydrogens is 234 g/mol. The van der Waals surface area contributed by atoms with E-state index in [1.165, 1.54) is 30.4 Å². The van der Waals surface area contributed by atoms with Crippen LogP contribution in [-0.4, -0.2) is 12.8 Å². The Morgan fingerprint density at radius 2 is 1.89 bits per heavy atom. The SMILES string of the molecule is CON=C1c2ccccc2[C@]2(C)CCCC(C)(C)[C@H]12. The van der Waals surface area contributed by atoms with Crippen molar-refractivity contribution in [3.8, 4) is 0 Å². The van der Waals surface area contributed by atoms with Gasteiger partial charge in [0.05, 0.1) is 5.71 Å². The van der Waals surface area contributed by atoms with E-state index < -0.39 is 0 Å². The molecule has 19 heavy (non-hydrogen) atoms. The molecule has 0 aromatic heterocycles. The Hall–Kier alpha value is -1.31. The van der Waals surface area contributed by atoms with Crippen LogP contribution in [0.25, 0.3) is 0 Å². The summed E-state index contributed by atoms with van der Waals surface area (Å²) in [5, 5.41) is 4.41. The Balaban J connectivity index is 2.24. The van der Waals surface area contributed by atoms with Crippen LogP contribution < -0.4 is 0 Å². The number of fused-ring (bicyclic) bond motifs is 3. The first kappa shape index (κ1) is 12.7. The first-order valence-electron chi connectivity index (χ1n) is 7.21. The molecule has 3 rings (SSSR count). The summed E-state index contributed by atoms with van der Waals surface area (Å²) in [6, 6.07) is 8.74. The molecule has 0 spiro atoms. The molecular formula is C17H23NO. The lowest BCUT2D eigenvalue weighted by Crippen LogP contribution is -2.44. The van der Waals surface area contributed by atoms with Gasteiger partial charge in [-0.05, 0) is 23.8 Å². The lowest BCUT2D eigenvalue weighted by atomic mass is 9.56. The Morgan fingerprint density at radius 3 is 2.63 bits per heavy atom. The van der Waals surface area contributed by atoms with Gasteiger partial charge in [-0.15, -0.1) is 0 Å². The summed E-state index contributed by atoms with van der Waals surface area (Å²) in [4.78, 5) is 5.16. The molecule has 0 heterocycles. The van der Waals surface area contributed by atoms with E-state index in [9.17, 15) is 0 Å². The van der Waals surface area contributed by atoms with Crippen molar-refractivity contribution >= 4 is 5.71 Å². The molecule has 0 radical (unpaired) electrons. The molecule has 0 aliphatic heterocycles. The summed E-state index contributed by atoms with van der Waals surface area (Å²) in [7, 11) is 1.65. The van der Waals surface area contributed by atoms with Crippen LogP contribution in [0.15, 0.2) is 29.4 Å². The van der Waals surface area contributed by atoms with Crippen molar-refractivity contribution in [2.45, 2.75) is 45.4 Å². The normalized spacial score (nSPS) is 33.9. The van der Waals surface area contributed by atoms with Gasteiger partial charge in [-0.1, -0.05) is 56.6 Å². The molecule has 1 aromatic rings. The van der Waals surface area contributed by atoms with Crippen LogP contribution in [0.2, 0.25) is 0 Å². The van der Waals surface area contributed by atoms with E-state index in [1.54, 1.807) is 7.11 Å². The smallest absolute Gasteiger partial charge is 0.106 e. The molecule has 1 saturated carbocycles. The molecule has 1 aromatic carbocycles. The minimum atomic E-state index is 0.218. The zero-order valence-corrected chi connectivity index (χ0v) is 12.4. The summed E-state index contributed by atoms with van der Waals surface area (Å²) in [6.07, 6.45) is 3.82. The molecule has 2 nitrogen and oxygen atoms in total. The third-order valence-corrected chi connectivity index (χ3v) is 5.22. The molecule has 0 bridgehead atoms. The monoisotopic (exact) mass is 257 g/mol. The Bertz CT molecular complexity index is 532. The van der Waals surface area contributed by atoms with Crippen molar-refractivity contribution in [3.05, 3.63) is 35.4 Å². The lowest BCUT2D eigenvalue weighted by molar-refractivity contribution is 0.109. The van der Waals surface area contributed by atoms with E-state index in [2.05, 4.69) is 50.2 Å². The fraction of sp³-hybridized carbons (Fsp3) is 0.588. The first-order valence-corrected chi connectivity index (χ1v) is 7.21. The van der Waals surface area contributed by atoms with Crippen LogP contribution in [0, 0.1) is 11.3 Å². The molecule has 1 fully saturated rings. The quantitative estimate of drug-likeness (QED) is 0.693. The van der Waals surface area contributed by atoms with E-state index >= 15 is 0 Å². The van der Waals surface area contributed by atoms with Crippen molar-refractivity contribution < 1.29 is 4.84 Å². The average molecular weight is 257 g/mol. The Labute approximate surface area is 115 Å². The van der Waals surface area contributed by atoms with Crippen molar-refractivity contribution in [1.82, 2.24) is 0 Å². The lowest BCUT2D eigenvalue weighted by Gasteiger charge is -2.47. The summed E-state index contributed by atoms with van der Waals surface area (Å²) < 4.78 is 0. The van der Waals surface area contributed by atoms with E-state index in [-0.39, 0.29) is 10.8 Å². The zero-order chi connectivity index (χ0) is 13.7. The van der Waals surface area contributed by atoms with Crippen LogP contribution in [0.4, 0.5) is 0 Å². The van der Waals surface area contributed by atoms with Crippen molar-refractivity contribution in [2.75, 3.05) is 7.11 Å². The highest BCUT2D eigenvalue weighted by molar-refractivity contribution is 6.08. The van der Waals surface area contributed by atoms with Gasteiger partial charge in [0.15, 0.2) is 0 Å². The number of oxime groups is 1. The number of hydrogen-bond donors (Lipinski definition) is 0. The third kappa shape index (κ3) is 1.65. The van der Waals surface area contributed by atoms with E-state index in [0.717, 1.165) is 5.71 Å². The maximum atomic E-state index is 5.16. The molecule has 2 aliphatic rings. The third-order valence-electron chi connectivity index (χ3n) is 5.22. The van der Waals surface area contributed by atoms with Crippen LogP contribution in [0.3, 0.4) is 0 Å². The van der Waals surface area contributed by atoms with E-state index in [1.807, 2.05) is 0 Å². The molecule has 0 saturated heterocycles. The van der Waals surface area contributed by atoms with Crippen molar-refractivity contribution in [2.24, 2.45) is 16.5 Å². The molecule has 2 heteroatoms. The summed E-state index contributed by atoms with van der Waals surface area (Å²) in [6.45, 7) is 7.17. The fourth-order valence-corrected chi connectivity index (χ4v) is 4.58. The van der Waals surface area contributed by atoms with Crippen molar-refractivity contribution in [3.63, 3.8) is 0 Å². The Kier molecular flexibility index (Phi) is 2.74. The van der Waals surface area contributed by atoms with Gasteiger partial charge in [0.2, 0.25) is 0 Å². The zero-order valence-electron chi connectivity index (χ0n) is 12.4. The second kappa shape index (κ2) is 4.09. The highest BCUT2D eigenvalue weighted by atomic mass is 16.6. The average Bonchev–Trinajstić information content (AvgIpc) is 2.61. The van der Waals surface area contributed by atoms with E-state index in [0.29, 0.717) is 5.92 Å². The summed E-state index contributed by atoms with van der Waals surface area (Å²) in [5.41, 5.74) is 4.42. The van der Waals surface area contributed by atoms with Gasteiger partial charge in [-0.25, -0.2) is 0 Å². The van der Waals surface area contributed by atoms with Crippen LogP contribution in [0.5, 0.6) is 0 Å². The molecule has 102 valence electrons. The van der Waals surface area contributed by atoms with Gasteiger partial charge in [0.1, 0.15) is 7.11 Å². The largest absolute Gasteiger partial charge is 0.399 e. The van der Waals surface area contributed by atoms with Crippen LogP contribution in [0.1, 0.15) is 51.2 Å². The number of hydrogen-bond acceptors (Lipinski definition) is 2. The number of benzene rings is 1. The number of rotatable bonds is 1. The fourth-order valence-electron chi connectivity index (χ4n) is 4.58. The van der Waals surface area contributed by atoms with Gasteiger partial charge < -0.3 is 4.84 Å².